The molecule has 0 aliphatic rings. The average molecular weight is 329 g/mol. The van der Waals surface area contributed by atoms with Gasteiger partial charge in [-0.05, 0) is 25.5 Å². The highest BCUT2D eigenvalue weighted by Crippen LogP contribution is 2.31. The summed E-state index contributed by atoms with van der Waals surface area (Å²) in [6, 6.07) is 5.61. The predicted molar refractivity (Wildman–Crippen MR) is 80.8 cm³/mol. The molecule has 0 aliphatic heterocycles. The number of aromatic nitrogens is 3. The summed E-state index contributed by atoms with van der Waals surface area (Å²) in [5, 5.41) is 9.03. The van der Waals surface area contributed by atoms with Crippen molar-refractivity contribution < 1.29 is 13.2 Å². The number of aryl methyl sites for hydroxylation is 1. The number of rotatable bonds is 5. The van der Waals surface area contributed by atoms with E-state index in [-0.39, 0.29) is 6.04 Å². The summed E-state index contributed by atoms with van der Waals surface area (Å²) in [4.78, 5) is 0. The minimum atomic E-state index is -4.31. The van der Waals surface area contributed by atoms with Crippen molar-refractivity contribution in [3.63, 3.8) is 0 Å². The van der Waals surface area contributed by atoms with Gasteiger partial charge in [-0.1, -0.05) is 36.9 Å². The maximum Gasteiger partial charge on any atom is 0.416 e. The van der Waals surface area contributed by atoms with Gasteiger partial charge in [0.05, 0.1) is 5.56 Å². The van der Waals surface area contributed by atoms with Crippen LogP contribution in [0.4, 0.5) is 13.2 Å². The number of nitrogens with zero attached hydrogens (tertiary/aromatic N) is 3. The van der Waals surface area contributed by atoms with E-state index >= 15 is 0 Å². The van der Waals surface area contributed by atoms with Crippen LogP contribution in [0.3, 0.4) is 0 Å². The minimum Gasteiger partial charge on any atom is -0.303 e. The fourth-order valence-corrected chi connectivity index (χ4v) is 3.18. The summed E-state index contributed by atoms with van der Waals surface area (Å²) < 4.78 is 40.2. The van der Waals surface area contributed by atoms with E-state index in [4.69, 9.17) is 0 Å². The normalized spacial score (nSPS) is 12.1. The Labute approximate surface area is 131 Å². The molecule has 0 N–H and O–H groups in total. The summed E-state index contributed by atoms with van der Waals surface area (Å²) in [5.41, 5.74) is 0.00125. The number of halogens is 3. The van der Waals surface area contributed by atoms with Crippen molar-refractivity contribution in [2.24, 2.45) is 0 Å². The molecule has 0 bridgehead atoms. The van der Waals surface area contributed by atoms with Crippen molar-refractivity contribution >= 4 is 11.8 Å². The molecular formula is C15H18F3N3S. The Hall–Kier alpha value is -1.50. The fourth-order valence-electron chi connectivity index (χ4n) is 2.15. The van der Waals surface area contributed by atoms with Gasteiger partial charge in [0.2, 0.25) is 0 Å². The van der Waals surface area contributed by atoms with Crippen LogP contribution in [-0.4, -0.2) is 14.8 Å². The first kappa shape index (κ1) is 16.9. The topological polar surface area (TPSA) is 30.7 Å². The molecule has 0 saturated heterocycles. The summed E-state index contributed by atoms with van der Waals surface area (Å²) in [6.45, 7) is 6.08. The zero-order valence-corrected chi connectivity index (χ0v) is 13.5. The lowest BCUT2D eigenvalue weighted by Crippen LogP contribution is -2.07. The Kier molecular flexibility index (Phi) is 5.16. The van der Waals surface area contributed by atoms with Crippen molar-refractivity contribution in [1.82, 2.24) is 14.8 Å². The molecule has 22 heavy (non-hydrogen) atoms. The summed E-state index contributed by atoms with van der Waals surface area (Å²) in [5.74, 6) is 1.32. The fraction of sp³-hybridized carbons (Fsp3) is 0.467. The van der Waals surface area contributed by atoms with Crippen molar-refractivity contribution in [3.05, 3.63) is 41.2 Å². The molecule has 0 atom stereocenters. The molecule has 1 aromatic heterocycles. The second kappa shape index (κ2) is 6.73. The van der Waals surface area contributed by atoms with Crippen LogP contribution in [0.2, 0.25) is 0 Å². The van der Waals surface area contributed by atoms with Crippen LogP contribution in [0, 0.1) is 0 Å². The van der Waals surface area contributed by atoms with Crippen molar-refractivity contribution in [2.75, 3.05) is 0 Å². The molecule has 1 heterocycles. The van der Waals surface area contributed by atoms with Gasteiger partial charge < -0.3 is 4.57 Å². The Morgan fingerprint density at radius 1 is 1.23 bits per heavy atom. The van der Waals surface area contributed by atoms with Crippen molar-refractivity contribution in [1.29, 1.82) is 0 Å². The number of hydrogen-bond donors (Lipinski definition) is 0. The van der Waals surface area contributed by atoms with Gasteiger partial charge in [-0.3, -0.25) is 0 Å². The Bertz CT molecular complexity index is 635. The van der Waals surface area contributed by atoms with Crippen molar-refractivity contribution in [3.8, 4) is 0 Å². The van der Waals surface area contributed by atoms with Crippen LogP contribution in [0.1, 0.15) is 43.8 Å². The first-order valence-corrected chi connectivity index (χ1v) is 8.04. The molecule has 0 saturated carbocycles. The highest BCUT2D eigenvalue weighted by Gasteiger charge is 2.30. The standard InChI is InChI=1S/C15H18F3N3S/c1-4-13-19-20-14(21(13)10(2)3)22-9-11-6-5-7-12(8-11)15(16,17)18/h5-8,10H,4,9H2,1-3H3. The quantitative estimate of drug-likeness (QED) is 0.743. The van der Waals surface area contributed by atoms with E-state index in [0.717, 1.165) is 23.5 Å². The number of alkyl halides is 3. The molecule has 2 rings (SSSR count). The molecular weight excluding hydrogens is 311 g/mol. The predicted octanol–water partition coefficient (Wildman–Crippen LogP) is 4.73. The Morgan fingerprint density at radius 3 is 2.55 bits per heavy atom. The molecule has 0 fully saturated rings. The van der Waals surface area contributed by atoms with E-state index in [0.29, 0.717) is 11.3 Å². The molecule has 0 unspecified atom stereocenters. The third-order valence-corrected chi connectivity index (χ3v) is 4.20. The Morgan fingerprint density at radius 2 is 1.95 bits per heavy atom. The molecule has 0 amide bonds. The van der Waals surface area contributed by atoms with E-state index in [1.54, 1.807) is 6.07 Å². The van der Waals surface area contributed by atoms with Crippen LogP contribution >= 0.6 is 11.8 Å². The van der Waals surface area contributed by atoms with Gasteiger partial charge in [0.25, 0.3) is 0 Å². The van der Waals surface area contributed by atoms with E-state index < -0.39 is 11.7 Å². The smallest absolute Gasteiger partial charge is 0.303 e. The molecule has 3 nitrogen and oxygen atoms in total. The van der Waals surface area contributed by atoms with E-state index in [9.17, 15) is 13.2 Å². The Balaban J connectivity index is 2.16. The summed E-state index contributed by atoms with van der Waals surface area (Å²) in [7, 11) is 0. The molecule has 7 heteroatoms. The maximum absolute atomic E-state index is 12.7. The lowest BCUT2D eigenvalue weighted by Gasteiger charge is -2.13. The first-order chi connectivity index (χ1) is 10.3. The van der Waals surface area contributed by atoms with Gasteiger partial charge in [0.1, 0.15) is 5.82 Å². The monoisotopic (exact) mass is 329 g/mol. The second-order valence-electron chi connectivity index (χ2n) is 5.20. The molecule has 2 aromatic rings. The van der Waals surface area contributed by atoms with Crippen LogP contribution in [0.25, 0.3) is 0 Å². The largest absolute Gasteiger partial charge is 0.416 e. The highest BCUT2D eigenvalue weighted by molar-refractivity contribution is 7.98. The van der Waals surface area contributed by atoms with Crippen LogP contribution in [-0.2, 0) is 18.3 Å². The molecule has 1 aromatic carbocycles. The SMILES string of the molecule is CCc1nnc(SCc2cccc(C(F)(F)F)c2)n1C(C)C. The van der Waals surface area contributed by atoms with Gasteiger partial charge in [-0.25, -0.2) is 0 Å². The number of benzene rings is 1. The summed E-state index contributed by atoms with van der Waals surface area (Å²) >= 11 is 1.41. The third-order valence-electron chi connectivity index (χ3n) is 3.19. The van der Waals surface area contributed by atoms with E-state index in [1.165, 1.54) is 23.9 Å². The lowest BCUT2D eigenvalue weighted by atomic mass is 10.1. The highest BCUT2D eigenvalue weighted by atomic mass is 32.2. The third kappa shape index (κ3) is 3.82. The van der Waals surface area contributed by atoms with E-state index in [2.05, 4.69) is 10.2 Å². The van der Waals surface area contributed by atoms with Gasteiger partial charge in [-0.15, -0.1) is 10.2 Å². The van der Waals surface area contributed by atoms with Crippen LogP contribution < -0.4 is 0 Å². The minimum absolute atomic E-state index is 0.217. The van der Waals surface area contributed by atoms with Gasteiger partial charge >= 0.3 is 6.18 Å². The number of hydrogen-bond acceptors (Lipinski definition) is 3. The molecule has 0 radical (unpaired) electrons. The molecule has 0 aliphatic carbocycles. The van der Waals surface area contributed by atoms with Crippen molar-refractivity contribution in [2.45, 2.75) is 50.3 Å². The zero-order valence-electron chi connectivity index (χ0n) is 12.7. The maximum atomic E-state index is 12.7. The second-order valence-corrected chi connectivity index (χ2v) is 6.15. The van der Waals surface area contributed by atoms with Gasteiger partial charge in [-0.2, -0.15) is 13.2 Å². The van der Waals surface area contributed by atoms with Gasteiger partial charge in [0.15, 0.2) is 5.16 Å². The van der Waals surface area contributed by atoms with Gasteiger partial charge in [0, 0.05) is 18.2 Å². The first-order valence-electron chi connectivity index (χ1n) is 7.05. The van der Waals surface area contributed by atoms with E-state index in [1.807, 2.05) is 25.3 Å². The lowest BCUT2D eigenvalue weighted by molar-refractivity contribution is -0.137. The molecule has 0 spiro atoms. The average Bonchev–Trinajstić information content (AvgIpc) is 2.87. The van der Waals surface area contributed by atoms with Crippen LogP contribution in [0.5, 0.6) is 0 Å². The van der Waals surface area contributed by atoms with Crippen LogP contribution in [0.15, 0.2) is 29.4 Å². The number of thioether (sulfide) groups is 1. The molecule has 120 valence electrons. The summed E-state index contributed by atoms with van der Waals surface area (Å²) in [6.07, 6.45) is -3.54. The zero-order chi connectivity index (χ0) is 16.3.